The van der Waals surface area contributed by atoms with Gasteiger partial charge in [0.05, 0.1) is 12.6 Å². The third kappa shape index (κ3) is 4.96. The first-order valence-corrected chi connectivity index (χ1v) is 8.28. The fourth-order valence-electron chi connectivity index (χ4n) is 2.50. The predicted octanol–water partition coefficient (Wildman–Crippen LogP) is 4.75. The van der Waals surface area contributed by atoms with Gasteiger partial charge in [-0.1, -0.05) is 29.8 Å². The van der Waals surface area contributed by atoms with E-state index < -0.39 is 0 Å². The first kappa shape index (κ1) is 17.3. The van der Waals surface area contributed by atoms with Crippen molar-refractivity contribution in [2.45, 2.75) is 33.7 Å². The summed E-state index contributed by atoms with van der Waals surface area (Å²) in [5, 5.41) is 7.16. The molecule has 2 N–H and O–H groups in total. The third-order valence-corrected chi connectivity index (χ3v) is 3.87. The number of hydrogen-bond acceptors (Lipinski definition) is 2. The number of ether oxygens (including phenoxy) is 1. The molecule has 0 unspecified atom stereocenters. The Labute approximate surface area is 144 Å². The lowest BCUT2D eigenvalue weighted by Gasteiger charge is -2.20. The molecule has 0 aliphatic carbocycles. The van der Waals surface area contributed by atoms with Crippen molar-refractivity contribution in [3.63, 3.8) is 0 Å². The van der Waals surface area contributed by atoms with Crippen LogP contribution < -0.4 is 15.4 Å². The average Bonchev–Trinajstić information content (AvgIpc) is 2.50. The number of nitrogens with one attached hydrogen (secondary N) is 2. The van der Waals surface area contributed by atoms with Crippen LogP contribution in [-0.4, -0.2) is 11.7 Å². The molecule has 0 radical (unpaired) electrons. The Kier molecular flexibility index (Phi) is 5.99. The molecule has 0 bridgehead atoms. The number of rotatable bonds is 5. The minimum atomic E-state index is 0.143. The molecule has 2 rings (SSSR count). The van der Waals surface area contributed by atoms with E-state index >= 15 is 0 Å². The zero-order valence-corrected chi connectivity index (χ0v) is 15.0. The van der Waals surface area contributed by atoms with Crippen LogP contribution in [0.2, 0.25) is 0 Å². The van der Waals surface area contributed by atoms with Crippen molar-refractivity contribution in [3.8, 4) is 5.75 Å². The molecule has 3 nitrogen and oxygen atoms in total. The highest BCUT2D eigenvalue weighted by atomic mass is 32.1. The molecule has 0 aliphatic rings. The molecular weight excluding hydrogens is 304 g/mol. The topological polar surface area (TPSA) is 33.3 Å². The third-order valence-electron chi connectivity index (χ3n) is 3.65. The van der Waals surface area contributed by atoms with Crippen molar-refractivity contribution in [2.24, 2.45) is 0 Å². The Bertz CT molecular complexity index is 685. The number of hydrogen-bond donors (Lipinski definition) is 2. The Morgan fingerprint density at radius 3 is 2.70 bits per heavy atom. The van der Waals surface area contributed by atoms with Crippen molar-refractivity contribution in [3.05, 3.63) is 59.2 Å². The van der Waals surface area contributed by atoms with Gasteiger partial charge in [0.25, 0.3) is 0 Å². The molecule has 0 heterocycles. The minimum absolute atomic E-state index is 0.143. The maximum absolute atomic E-state index is 5.50. The van der Waals surface area contributed by atoms with Crippen LogP contribution in [0.1, 0.15) is 36.6 Å². The summed E-state index contributed by atoms with van der Waals surface area (Å²) in [4.78, 5) is 0. The zero-order chi connectivity index (χ0) is 16.8. The van der Waals surface area contributed by atoms with Crippen LogP contribution in [0, 0.1) is 13.8 Å². The Morgan fingerprint density at radius 1 is 1.17 bits per heavy atom. The number of anilines is 1. The van der Waals surface area contributed by atoms with Crippen LogP contribution >= 0.6 is 12.2 Å². The lowest BCUT2D eigenvalue weighted by molar-refractivity contribution is 0.340. The largest absolute Gasteiger partial charge is 0.494 e. The molecule has 1 atom stereocenters. The summed E-state index contributed by atoms with van der Waals surface area (Å²) in [6, 6.07) is 14.4. The summed E-state index contributed by atoms with van der Waals surface area (Å²) in [5.74, 6) is 0.836. The highest BCUT2D eigenvalue weighted by Gasteiger charge is 2.10. The number of thiocarbonyl (C=S) groups is 1. The van der Waals surface area contributed by atoms with Crippen molar-refractivity contribution >= 4 is 23.0 Å². The highest BCUT2D eigenvalue weighted by molar-refractivity contribution is 7.80. The summed E-state index contributed by atoms with van der Waals surface area (Å²) in [5.41, 5.74) is 4.69. The van der Waals surface area contributed by atoms with Gasteiger partial charge in [0.15, 0.2) is 5.11 Å². The van der Waals surface area contributed by atoms with Crippen LogP contribution in [0.3, 0.4) is 0 Å². The van der Waals surface area contributed by atoms with Gasteiger partial charge in [0, 0.05) is 11.8 Å². The Morgan fingerprint density at radius 2 is 1.96 bits per heavy atom. The van der Waals surface area contributed by atoms with Crippen LogP contribution in [0.25, 0.3) is 0 Å². The summed E-state index contributed by atoms with van der Waals surface area (Å²) in [7, 11) is 0. The number of benzene rings is 2. The van der Waals surface area contributed by atoms with Gasteiger partial charge in [-0.25, -0.2) is 0 Å². The molecule has 0 amide bonds. The van der Waals surface area contributed by atoms with Gasteiger partial charge in [0.1, 0.15) is 5.75 Å². The van der Waals surface area contributed by atoms with E-state index in [4.69, 9.17) is 17.0 Å². The van der Waals surface area contributed by atoms with Crippen molar-refractivity contribution in [1.82, 2.24) is 5.32 Å². The lowest BCUT2D eigenvalue weighted by atomic mass is 10.0. The van der Waals surface area contributed by atoms with Gasteiger partial charge in [0.2, 0.25) is 0 Å². The summed E-state index contributed by atoms with van der Waals surface area (Å²) in [6.07, 6.45) is 0. The molecule has 122 valence electrons. The van der Waals surface area contributed by atoms with Crippen LogP contribution in [-0.2, 0) is 0 Å². The lowest BCUT2D eigenvalue weighted by Crippen LogP contribution is -2.31. The summed E-state index contributed by atoms with van der Waals surface area (Å²) < 4.78 is 5.50. The second-order valence-corrected chi connectivity index (χ2v) is 6.05. The molecule has 0 saturated heterocycles. The molecule has 2 aromatic carbocycles. The summed E-state index contributed by atoms with van der Waals surface area (Å²) >= 11 is 5.43. The van der Waals surface area contributed by atoms with E-state index in [-0.39, 0.29) is 6.04 Å². The highest BCUT2D eigenvalue weighted by Crippen LogP contribution is 2.20. The normalized spacial score (nSPS) is 11.7. The smallest absolute Gasteiger partial charge is 0.171 e. The fourth-order valence-corrected chi connectivity index (χ4v) is 2.79. The van der Waals surface area contributed by atoms with Crippen LogP contribution in [0.5, 0.6) is 5.75 Å². The maximum atomic E-state index is 5.50. The minimum Gasteiger partial charge on any atom is -0.494 e. The molecule has 23 heavy (non-hydrogen) atoms. The second kappa shape index (κ2) is 7.97. The first-order valence-electron chi connectivity index (χ1n) is 7.87. The predicted molar refractivity (Wildman–Crippen MR) is 101 cm³/mol. The van der Waals surface area contributed by atoms with Crippen molar-refractivity contribution in [1.29, 1.82) is 0 Å². The van der Waals surface area contributed by atoms with E-state index in [0.29, 0.717) is 11.7 Å². The summed E-state index contributed by atoms with van der Waals surface area (Å²) in [6.45, 7) is 8.96. The van der Waals surface area contributed by atoms with E-state index in [1.807, 2.05) is 31.2 Å². The van der Waals surface area contributed by atoms with E-state index in [0.717, 1.165) is 11.4 Å². The molecular formula is C19H24N2OS. The standard InChI is InChI=1S/C19H24N2OS/c1-5-22-17-8-6-7-16(12-17)21-19(23)20-15(4)18-11-13(2)9-10-14(18)3/h6-12,15H,5H2,1-4H3,(H2,20,21,23)/t15-/m0/s1. The van der Waals surface area contributed by atoms with Crippen LogP contribution in [0.4, 0.5) is 5.69 Å². The van der Waals surface area contributed by atoms with E-state index in [9.17, 15) is 0 Å². The van der Waals surface area contributed by atoms with Gasteiger partial charge in [-0.2, -0.15) is 0 Å². The SMILES string of the molecule is CCOc1cccc(NC(=S)N[C@@H](C)c2cc(C)ccc2C)c1. The fraction of sp³-hybridized carbons (Fsp3) is 0.316. The number of aryl methyl sites for hydroxylation is 2. The molecule has 4 heteroatoms. The average molecular weight is 328 g/mol. The van der Waals surface area contributed by atoms with E-state index in [2.05, 4.69) is 49.6 Å². The maximum Gasteiger partial charge on any atom is 0.171 e. The molecule has 0 spiro atoms. The van der Waals surface area contributed by atoms with Gasteiger partial charge in [-0.3, -0.25) is 0 Å². The Hall–Kier alpha value is -2.07. The van der Waals surface area contributed by atoms with E-state index in [1.54, 1.807) is 0 Å². The second-order valence-electron chi connectivity index (χ2n) is 5.64. The molecule has 0 aromatic heterocycles. The van der Waals surface area contributed by atoms with E-state index in [1.165, 1.54) is 16.7 Å². The molecule has 0 saturated carbocycles. The monoisotopic (exact) mass is 328 g/mol. The van der Waals surface area contributed by atoms with Crippen LogP contribution in [0.15, 0.2) is 42.5 Å². The molecule has 0 fully saturated rings. The quantitative estimate of drug-likeness (QED) is 0.776. The molecule has 0 aliphatic heterocycles. The van der Waals surface area contributed by atoms with Gasteiger partial charge in [-0.15, -0.1) is 0 Å². The zero-order valence-electron chi connectivity index (χ0n) is 14.1. The van der Waals surface area contributed by atoms with Gasteiger partial charge >= 0.3 is 0 Å². The Balaban J connectivity index is 2.01. The van der Waals surface area contributed by atoms with Crippen molar-refractivity contribution in [2.75, 3.05) is 11.9 Å². The first-order chi connectivity index (χ1) is 11.0. The van der Waals surface area contributed by atoms with Crippen molar-refractivity contribution < 1.29 is 4.74 Å². The van der Waals surface area contributed by atoms with Gasteiger partial charge < -0.3 is 15.4 Å². The van der Waals surface area contributed by atoms with Gasteiger partial charge in [-0.05, 0) is 63.2 Å². The molecule has 2 aromatic rings.